The maximum Gasteiger partial charge on any atom is 0.293 e. The fraction of sp³-hybridized carbons (Fsp3) is 0.400. The van der Waals surface area contributed by atoms with E-state index in [9.17, 15) is 24.3 Å². The Labute approximate surface area is 322 Å². The Hall–Kier alpha value is -5.22. The zero-order valence-electron chi connectivity index (χ0n) is 31.3. The standard InChI is InChI=1S/C40H44N8O6S/c1-6-31(50)43-29-17-22(7-8-27(29)32-37(51)45(4)15-16-47(32)23-20-54-21-23)42-35-39(53)46(5)18-30(44-35)24-10-13-41-36(28(24)19-49)48-14-11-25-26-9-12-40(2,3)34(26)55-33(25)38(48)52/h6-8,10,13,17-18,23,32,49H,1,9,11-12,14-16,19-21H2,2-5H3,(H,42,44)(H,43,50). The van der Waals surface area contributed by atoms with E-state index in [2.05, 4.69) is 40.9 Å². The van der Waals surface area contributed by atoms with Gasteiger partial charge in [-0.05, 0) is 60.1 Å². The molecule has 3 N–H and O–H groups in total. The number of rotatable bonds is 9. The quantitative estimate of drug-likeness (QED) is 0.213. The van der Waals surface area contributed by atoms with Gasteiger partial charge in [0, 0.05) is 79.1 Å². The summed E-state index contributed by atoms with van der Waals surface area (Å²) in [5.41, 5.74) is 4.84. The zero-order valence-corrected chi connectivity index (χ0v) is 32.2. The van der Waals surface area contributed by atoms with E-state index in [1.807, 2.05) is 0 Å². The first-order valence-corrected chi connectivity index (χ1v) is 19.3. The molecular weight excluding hydrogens is 721 g/mol. The molecule has 0 saturated carbocycles. The van der Waals surface area contributed by atoms with Gasteiger partial charge in [0.1, 0.15) is 11.9 Å². The van der Waals surface area contributed by atoms with E-state index in [1.165, 1.54) is 15.0 Å². The van der Waals surface area contributed by atoms with Crippen LogP contribution in [0.3, 0.4) is 0 Å². The molecule has 3 aliphatic heterocycles. The van der Waals surface area contributed by atoms with Gasteiger partial charge in [0.2, 0.25) is 11.8 Å². The second kappa shape index (κ2) is 14.1. The fourth-order valence-electron chi connectivity index (χ4n) is 8.15. The molecule has 1 aromatic carbocycles. The van der Waals surface area contributed by atoms with Crippen molar-refractivity contribution < 1.29 is 24.2 Å². The van der Waals surface area contributed by atoms with Gasteiger partial charge in [-0.3, -0.25) is 29.0 Å². The second-order valence-corrected chi connectivity index (χ2v) is 16.3. The summed E-state index contributed by atoms with van der Waals surface area (Å²) < 4.78 is 6.84. The summed E-state index contributed by atoms with van der Waals surface area (Å²) >= 11 is 1.58. The van der Waals surface area contributed by atoms with Gasteiger partial charge in [0.15, 0.2) is 5.82 Å². The molecule has 6 heterocycles. The summed E-state index contributed by atoms with van der Waals surface area (Å²) in [4.78, 5) is 70.6. The maximum atomic E-state index is 14.0. The molecule has 14 nitrogen and oxygen atoms in total. The molecule has 3 aromatic heterocycles. The minimum absolute atomic E-state index is 0.00729. The number of aryl methyl sites for hydroxylation is 1. The Morgan fingerprint density at radius 3 is 2.64 bits per heavy atom. The number of aromatic nitrogens is 3. The van der Waals surface area contributed by atoms with E-state index in [0.29, 0.717) is 78.8 Å². The number of ether oxygens (including phenoxy) is 1. The molecule has 3 amide bonds. The Morgan fingerprint density at radius 2 is 1.91 bits per heavy atom. The van der Waals surface area contributed by atoms with Gasteiger partial charge in [0.25, 0.3) is 11.5 Å². The lowest BCUT2D eigenvalue weighted by Gasteiger charge is -2.46. The first-order valence-electron chi connectivity index (χ1n) is 18.5. The highest BCUT2D eigenvalue weighted by Gasteiger charge is 2.42. The van der Waals surface area contributed by atoms with Crippen molar-refractivity contribution in [3.8, 4) is 11.3 Å². The number of thiophene rings is 1. The van der Waals surface area contributed by atoms with E-state index < -0.39 is 24.1 Å². The van der Waals surface area contributed by atoms with E-state index in [0.717, 1.165) is 29.4 Å². The summed E-state index contributed by atoms with van der Waals surface area (Å²) in [5, 5.41) is 16.8. The molecule has 0 spiro atoms. The number of nitrogens with one attached hydrogen (secondary N) is 2. The summed E-state index contributed by atoms with van der Waals surface area (Å²) in [6.45, 7) is 10.3. The van der Waals surface area contributed by atoms with E-state index >= 15 is 0 Å². The Balaban J connectivity index is 1.13. The molecule has 286 valence electrons. The normalized spacial score (nSPS) is 19.5. The van der Waals surface area contributed by atoms with Crippen LogP contribution in [-0.4, -0.2) is 93.1 Å². The highest BCUT2D eigenvalue weighted by molar-refractivity contribution is 7.14. The van der Waals surface area contributed by atoms with Gasteiger partial charge in [-0.15, -0.1) is 11.3 Å². The molecule has 4 aromatic rings. The molecule has 15 heteroatoms. The number of likely N-dealkylation sites (N-methyl/N-ethyl adjacent to an activating group) is 1. The monoisotopic (exact) mass is 764 g/mol. The van der Waals surface area contributed by atoms with Gasteiger partial charge in [-0.25, -0.2) is 9.97 Å². The average Bonchev–Trinajstić information content (AvgIpc) is 3.68. The van der Waals surface area contributed by atoms with Crippen LogP contribution in [0.2, 0.25) is 0 Å². The number of carbonyl (C=O) groups excluding carboxylic acids is 3. The number of anilines is 4. The van der Waals surface area contributed by atoms with Crippen LogP contribution in [0.15, 0.2) is 54.1 Å². The van der Waals surface area contributed by atoms with Gasteiger partial charge in [-0.1, -0.05) is 26.5 Å². The molecule has 1 unspecified atom stereocenters. The molecule has 1 aliphatic carbocycles. The number of amides is 3. The van der Waals surface area contributed by atoms with Crippen molar-refractivity contribution in [3.05, 3.63) is 91.7 Å². The van der Waals surface area contributed by atoms with E-state index in [-0.39, 0.29) is 29.1 Å². The Bertz CT molecular complexity index is 2310. The largest absolute Gasteiger partial charge is 0.392 e. The third kappa shape index (κ3) is 6.34. The van der Waals surface area contributed by atoms with E-state index in [4.69, 9.17) is 9.72 Å². The second-order valence-electron chi connectivity index (χ2n) is 15.2. The van der Waals surface area contributed by atoms with Crippen LogP contribution < -0.4 is 21.1 Å². The highest BCUT2D eigenvalue weighted by atomic mass is 32.1. The maximum absolute atomic E-state index is 14.0. The van der Waals surface area contributed by atoms with Gasteiger partial charge < -0.3 is 29.9 Å². The molecular formula is C40H44N8O6S. The Morgan fingerprint density at radius 1 is 1.11 bits per heavy atom. The van der Waals surface area contributed by atoms with Crippen molar-refractivity contribution in [2.75, 3.05) is 55.4 Å². The minimum atomic E-state index is -0.653. The first kappa shape index (κ1) is 36.7. The third-order valence-corrected chi connectivity index (χ3v) is 13.0. The van der Waals surface area contributed by atoms with Crippen molar-refractivity contribution in [2.24, 2.45) is 7.05 Å². The molecule has 4 aliphatic rings. The number of carbonyl (C=O) groups is 3. The van der Waals surface area contributed by atoms with Gasteiger partial charge in [0.05, 0.1) is 36.4 Å². The number of fused-ring (bicyclic) bond motifs is 3. The van der Waals surface area contributed by atoms with Crippen molar-refractivity contribution in [1.29, 1.82) is 0 Å². The summed E-state index contributed by atoms with van der Waals surface area (Å²) in [5.74, 6) is -0.322. The lowest BCUT2D eigenvalue weighted by Crippen LogP contribution is -2.59. The molecule has 2 saturated heterocycles. The number of nitrogens with zero attached hydrogens (tertiary/aromatic N) is 6. The summed E-state index contributed by atoms with van der Waals surface area (Å²) in [6.07, 6.45) is 7.08. The van der Waals surface area contributed by atoms with Crippen molar-refractivity contribution in [3.63, 3.8) is 0 Å². The molecule has 1 atom stereocenters. The third-order valence-electron chi connectivity index (χ3n) is 11.3. The Kier molecular flexibility index (Phi) is 9.44. The van der Waals surface area contributed by atoms with Crippen LogP contribution in [0.5, 0.6) is 0 Å². The summed E-state index contributed by atoms with van der Waals surface area (Å²) in [6, 6.07) is 6.31. The van der Waals surface area contributed by atoms with Crippen LogP contribution in [-0.2, 0) is 46.2 Å². The molecule has 2 fully saturated rings. The smallest absolute Gasteiger partial charge is 0.293 e. The number of hydrogen-bond acceptors (Lipinski definition) is 11. The van der Waals surface area contributed by atoms with Crippen LogP contribution in [0.1, 0.15) is 63.1 Å². The first-order chi connectivity index (χ1) is 26.4. The fourth-order valence-corrected chi connectivity index (χ4v) is 9.63. The number of benzene rings is 1. The SMILES string of the molecule is C=CC(=O)Nc1cc(Nc2nc(-c3ccnc(N4CCc5c(sc6c5CCC6(C)C)C4=O)c3CO)cn(C)c2=O)ccc1C1C(=O)N(C)CCN1C1COC1. The molecule has 55 heavy (non-hydrogen) atoms. The molecule has 0 radical (unpaired) electrons. The van der Waals surface area contributed by atoms with Crippen LogP contribution >= 0.6 is 11.3 Å². The zero-order chi connectivity index (χ0) is 38.8. The van der Waals surface area contributed by atoms with Crippen molar-refractivity contribution in [2.45, 2.75) is 57.2 Å². The lowest BCUT2D eigenvalue weighted by molar-refractivity contribution is -0.151. The van der Waals surface area contributed by atoms with Crippen molar-refractivity contribution in [1.82, 2.24) is 24.3 Å². The van der Waals surface area contributed by atoms with E-state index in [1.54, 1.807) is 71.9 Å². The number of piperazine rings is 1. The number of aliphatic hydroxyl groups is 1. The van der Waals surface area contributed by atoms with Crippen molar-refractivity contribution >= 4 is 52.1 Å². The van der Waals surface area contributed by atoms with Gasteiger partial charge >= 0.3 is 0 Å². The topological polar surface area (TPSA) is 162 Å². The average molecular weight is 765 g/mol. The molecule has 0 bridgehead atoms. The predicted octanol–water partition coefficient (Wildman–Crippen LogP) is 3.90. The highest BCUT2D eigenvalue weighted by Crippen LogP contribution is 2.48. The predicted molar refractivity (Wildman–Crippen MR) is 210 cm³/mol. The number of aliphatic hydroxyl groups excluding tert-OH is 1. The number of pyridine rings is 1. The van der Waals surface area contributed by atoms with Gasteiger partial charge in [-0.2, -0.15) is 0 Å². The lowest BCUT2D eigenvalue weighted by atomic mass is 9.93. The van der Waals surface area contributed by atoms with Crippen LogP contribution in [0, 0.1) is 0 Å². The number of hydrogen-bond donors (Lipinski definition) is 3. The minimum Gasteiger partial charge on any atom is -0.392 e. The van der Waals surface area contributed by atoms with Crippen LogP contribution in [0.4, 0.5) is 23.0 Å². The van der Waals surface area contributed by atoms with Crippen LogP contribution in [0.25, 0.3) is 11.3 Å². The molecule has 8 rings (SSSR count). The summed E-state index contributed by atoms with van der Waals surface area (Å²) in [7, 11) is 3.37.